The van der Waals surface area contributed by atoms with E-state index in [9.17, 15) is 0 Å². The van der Waals surface area contributed by atoms with Crippen LogP contribution in [0.4, 0.5) is 0 Å². The molecule has 0 spiro atoms. The quantitative estimate of drug-likeness (QED) is 0.375. The summed E-state index contributed by atoms with van der Waals surface area (Å²) in [5.41, 5.74) is 6.72. The fourth-order valence-corrected chi connectivity index (χ4v) is 6.59. The maximum absolute atomic E-state index is 3.81. The van der Waals surface area contributed by atoms with Crippen molar-refractivity contribution in [2.24, 2.45) is 0 Å². The molecule has 0 fully saturated rings. The maximum Gasteiger partial charge on any atom is 0.0600 e. The Bertz CT molecular complexity index is 1350. The lowest BCUT2D eigenvalue weighted by Crippen LogP contribution is -2.50. The van der Waals surface area contributed by atoms with E-state index in [2.05, 4.69) is 111 Å². The van der Waals surface area contributed by atoms with Crippen LogP contribution in [0.5, 0.6) is 0 Å². The molecule has 0 saturated heterocycles. The van der Waals surface area contributed by atoms with Gasteiger partial charge in [0, 0.05) is 15.3 Å². The predicted octanol–water partition coefficient (Wildman–Crippen LogP) is 9.32. The van der Waals surface area contributed by atoms with E-state index < -0.39 is 0 Å². The predicted molar refractivity (Wildman–Crippen MR) is 156 cm³/mol. The molecule has 1 aromatic heterocycles. The molecule has 0 bridgehead atoms. The first-order valence-electron chi connectivity index (χ1n) is 12.7. The summed E-state index contributed by atoms with van der Waals surface area (Å²) in [5, 5.41) is 1.35. The third-order valence-electron chi connectivity index (χ3n) is 7.43. The zero-order valence-electron chi connectivity index (χ0n) is 21.1. The van der Waals surface area contributed by atoms with Crippen molar-refractivity contribution in [3.05, 3.63) is 119 Å². The maximum atomic E-state index is 3.81. The largest absolute Gasteiger partial charge is 0.356 e. The first-order valence-corrected chi connectivity index (χ1v) is 13.5. The number of allylic oxidation sites excluding steroid dienone is 9. The number of aryl methyl sites for hydroxylation is 1. The molecule has 0 N–H and O–H groups in total. The number of rotatable bonds is 6. The van der Waals surface area contributed by atoms with Gasteiger partial charge in [-0.15, -0.1) is 11.3 Å². The SMILES string of the molecule is C=C/C=C\c1sc2ccc(C3=CCC(C)(N(C4=CCCC=C4)[C@H]4C=CC=C(C)C4)C=C3)cc2c1C. The van der Waals surface area contributed by atoms with Gasteiger partial charge in [-0.1, -0.05) is 79.0 Å². The number of fused-ring (bicyclic) bond motifs is 1. The van der Waals surface area contributed by atoms with Crippen molar-refractivity contribution in [2.75, 3.05) is 0 Å². The van der Waals surface area contributed by atoms with Crippen LogP contribution in [-0.2, 0) is 0 Å². The lowest BCUT2D eigenvalue weighted by molar-refractivity contribution is 0.164. The van der Waals surface area contributed by atoms with Gasteiger partial charge in [0.1, 0.15) is 0 Å². The number of hydrogen-bond donors (Lipinski definition) is 0. The second kappa shape index (κ2) is 9.87. The van der Waals surface area contributed by atoms with Crippen LogP contribution in [0.2, 0.25) is 0 Å². The Labute approximate surface area is 214 Å². The van der Waals surface area contributed by atoms with Gasteiger partial charge < -0.3 is 4.90 Å². The fraction of sp³-hybridized carbons (Fsp3) is 0.273. The summed E-state index contributed by atoms with van der Waals surface area (Å²) in [4.78, 5) is 3.97. The highest BCUT2D eigenvalue weighted by Gasteiger charge is 2.36. The van der Waals surface area contributed by atoms with Gasteiger partial charge >= 0.3 is 0 Å². The molecule has 0 aliphatic heterocycles. The third kappa shape index (κ3) is 4.73. The van der Waals surface area contributed by atoms with Crippen molar-refractivity contribution in [1.29, 1.82) is 0 Å². The van der Waals surface area contributed by atoms with E-state index in [0.717, 1.165) is 25.7 Å². The number of hydrogen-bond acceptors (Lipinski definition) is 2. The minimum absolute atomic E-state index is 0.0608. The van der Waals surface area contributed by atoms with E-state index in [1.165, 1.54) is 42.9 Å². The number of thiophene rings is 1. The van der Waals surface area contributed by atoms with Gasteiger partial charge in [0.15, 0.2) is 0 Å². The van der Waals surface area contributed by atoms with Gasteiger partial charge in [-0.2, -0.15) is 0 Å². The van der Waals surface area contributed by atoms with Crippen LogP contribution in [0.3, 0.4) is 0 Å². The van der Waals surface area contributed by atoms with Crippen LogP contribution in [0, 0.1) is 6.92 Å². The van der Waals surface area contributed by atoms with Crippen molar-refractivity contribution in [2.45, 2.75) is 58.0 Å². The zero-order valence-corrected chi connectivity index (χ0v) is 21.9. The molecular formula is C33H35NS. The summed E-state index contributed by atoms with van der Waals surface area (Å²) in [6.45, 7) is 10.7. The Kier molecular flexibility index (Phi) is 6.67. The van der Waals surface area contributed by atoms with Gasteiger partial charge in [-0.05, 0) is 92.8 Å². The molecule has 178 valence electrons. The Hall–Kier alpha value is -3.10. The molecule has 1 unspecified atom stereocenters. The smallest absolute Gasteiger partial charge is 0.0600 e. The first kappa shape index (κ1) is 23.6. The minimum Gasteiger partial charge on any atom is -0.356 e. The second-order valence-electron chi connectivity index (χ2n) is 10.1. The van der Waals surface area contributed by atoms with E-state index in [0.29, 0.717) is 6.04 Å². The Morgan fingerprint density at radius 3 is 2.74 bits per heavy atom. The first-order chi connectivity index (χ1) is 17.0. The van der Waals surface area contributed by atoms with E-state index in [1.54, 1.807) is 0 Å². The summed E-state index contributed by atoms with van der Waals surface area (Å²) >= 11 is 1.85. The minimum atomic E-state index is -0.0608. The van der Waals surface area contributed by atoms with Crippen molar-refractivity contribution < 1.29 is 0 Å². The summed E-state index contributed by atoms with van der Waals surface area (Å²) in [7, 11) is 0. The lowest BCUT2D eigenvalue weighted by Gasteiger charge is -2.48. The molecule has 3 aliphatic rings. The van der Waals surface area contributed by atoms with Crippen molar-refractivity contribution in [3.8, 4) is 0 Å². The van der Waals surface area contributed by atoms with Crippen LogP contribution < -0.4 is 0 Å². The van der Waals surface area contributed by atoms with Crippen LogP contribution in [0.1, 0.15) is 55.5 Å². The van der Waals surface area contributed by atoms with Gasteiger partial charge in [0.2, 0.25) is 0 Å². The Morgan fingerprint density at radius 1 is 1.14 bits per heavy atom. The zero-order chi connectivity index (χ0) is 24.4. The van der Waals surface area contributed by atoms with Crippen LogP contribution in [0.25, 0.3) is 21.7 Å². The Morgan fingerprint density at radius 2 is 2.03 bits per heavy atom. The summed E-state index contributed by atoms with van der Waals surface area (Å²) in [5.74, 6) is 0. The standard InChI is InChI=1S/C33H35NS/c1-5-6-15-31-25(3)30-23-27(16-17-32(30)35-31)26-18-20-33(4,21-19-26)34(28-12-8-7-9-13-28)29-14-10-11-24(2)22-29/h5-6,8,10-20,23,29H,1,7,9,21-22H2,2-4H3/b15-6-/t29-,33?/m0/s1. The van der Waals surface area contributed by atoms with Crippen LogP contribution in [0.15, 0.2) is 103 Å². The van der Waals surface area contributed by atoms with Crippen molar-refractivity contribution >= 4 is 33.1 Å². The summed E-state index contributed by atoms with van der Waals surface area (Å²) in [6.07, 6.45) is 31.5. The molecule has 5 rings (SSSR count). The highest BCUT2D eigenvalue weighted by Crippen LogP contribution is 2.40. The molecule has 2 atom stereocenters. The molecule has 0 radical (unpaired) electrons. The molecule has 0 amide bonds. The summed E-state index contributed by atoms with van der Waals surface area (Å²) < 4.78 is 1.34. The topological polar surface area (TPSA) is 3.24 Å². The molecule has 3 aliphatic carbocycles. The van der Waals surface area contributed by atoms with Crippen LogP contribution >= 0.6 is 11.3 Å². The second-order valence-corrected chi connectivity index (χ2v) is 11.2. The van der Waals surface area contributed by atoms with E-state index in [-0.39, 0.29) is 5.54 Å². The Balaban J connectivity index is 1.44. The van der Waals surface area contributed by atoms with E-state index in [4.69, 9.17) is 0 Å². The molecule has 35 heavy (non-hydrogen) atoms. The monoisotopic (exact) mass is 477 g/mol. The molecule has 1 heterocycles. The van der Waals surface area contributed by atoms with Gasteiger partial charge in [0.05, 0.1) is 11.6 Å². The average molecular weight is 478 g/mol. The van der Waals surface area contributed by atoms with E-state index in [1.807, 2.05) is 23.5 Å². The molecule has 2 heteroatoms. The van der Waals surface area contributed by atoms with Crippen molar-refractivity contribution in [3.63, 3.8) is 0 Å². The number of benzene rings is 1. The molecule has 2 aromatic rings. The van der Waals surface area contributed by atoms with E-state index >= 15 is 0 Å². The van der Waals surface area contributed by atoms with Gasteiger partial charge in [-0.3, -0.25) is 0 Å². The van der Waals surface area contributed by atoms with Gasteiger partial charge in [-0.25, -0.2) is 0 Å². The molecule has 1 nitrogen and oxygen atoms in total. The van der Waals surface area contributed by atoms with Crippen LogP contribution in [-0.4, -0.2) is 16.5 Å². The van der Waals surface area contributed by atoms with Gasteiger partial charge in [0.25, 0.3) is 0 Å². The molecular weight excluding hydrogens is 442 g/mol. The highest BCUT2D eigenvalue weighted by molar-refractivity contribution is 7.20. The molecule has 0 saturated carbocycles. The molecule has 1 aromatic carbocycles. The average Bonchev–Trinajstić information content (AvgIpc) is 3.18. The summed E-state index contributed by atoms with van der Waals surface area (Å²) in [6, 6.07) is 7.31. The van der Waals surface area contributed by atoms with Crippen molar-refractivity contribution in [1.82, 2.24) is 4.90 Å². The number of nitrogens with zero attached hydrogens (tertiary/aromatic N) is 1. The fourth-order valence-electron chi connectivity index (χ4n) is 5.48. The highest BCUT2D eigenvalue weighted by atomic mass is 32.1. The lowest BCUT2D eigenvalue weighted by atomic mass is 9.83. The third-order valence-corrected chi connectivity index (χ3v) is 8.67. The normalized spacial score (nSPS) is 24.0.